The van der Waals surface area contributed by atoms with E-state index in [0.717, 1.165) is 23.5 Å². The molecule has 0 N–H and O–H groups in total. The maximum Gasteiger partial charge on any atom is 0.410 e. The molecule has 0 unspecified atom stereocenters. The van der Waals surface area contributed by atoms with Gasteiger partial charge in [-0.2, -0.15) is 4.31 Å². The molecule has 206 valence electrons. The van der Waals surface area contributed by atoms with Crippen LogP contribution in [0.25, 0.3) is 0 Å². The zero-order chi connectivity index (χ0) is 26.6. The second-order valence-electron chi connectivity index (χ2n) is 9.94. The number of amides is 2. The Morgan fingerprint density at radius 2 is 1.68 bits per heavy atom. The Labute approximate surface area is 232 Å². The van der Waals surface area contributed by atoms with E-state index in [1.165, 1.54) is 0 Å². The highest BCUT2D eigenvalue weighted by atomic mass is 35.6. The molecular formula is C24H32Cl3N3O6S. The topological polar surface area (TPSA) is 96.5 Å². The molecule has 3 atom stereocenters. The molecule has 1 aromatic carbocycles. The summed E-state index contributed by atoms with van der Waals surface area (Å²) >= 11 is 17.2. The van der Waals surface area contributed by atoms with Crippen molar-refractivity contribution < 1.29 is 27.6 Å². The van der Waals surface area contributed by atoms with Gasteiger partial charge in [0.05, 0.1) is 11.8 Å². The van der Waals surface area contributed by atoms with E-state index in [-0.39, 0.29) is 49.1 Å². The van der Waals surface area contributed by atoms with Gasteiger partial charge in [-0.25, -0.2) is 18.3 Å². The number of halogens is 3. The molecule has 3 aliphatic heterocycles. The van der Waals surface area contributed by atoms with Crippen molar-refractivity contribution in [2.24, 2.45) is 5.92 Å². The second kappa shape index (κ2) is 12.3. The molecule has 2 bridgehead atoms. The zero-order valence-corrected chi connectivity index (χ0v) is 23.5. The first kappa shape index (κ1) is 28.7. The van der Waals surface area contributed by atoms with Gasteiger partial charge >= 0.3 is 6.09 Å². The SMILES string of the molecule is O=CN(OCC(Cl)(Cl)Cl)[C@H]1C[C@H]2CC[C@@H](C1)N2S(=O)(=O)CC1CCN(C(=O)OCc2ccccc2)CC1. The molecule has 13 heteroatoms. The summed E-state index contributed by atoms with van der Waals surface area (Å²) in [5.41, 5.74) is 0.920. The predicted molar refractivity (Wildman–Crippen MR) is 141 cm³/mol. The lowest BCUT2D eigenvalue weighted by molar-refractivity contribution is -0.191. The normalized spacial score (nSPS) is 25.2. The smallest absolute Gasteiger partial charge is 0.410 e. The fourth-order valence-electron chi connectivity index (χ4n) is 5.61. The number of hydroxylamine groups is 2. The first-order chi connectivity index (χ1) is 17.6. The van der Waals surface area contributed by atoms with E-state index in [4.69, 9.17) is 44.4 Å². The van der Waals surface area contributed by atoms with Gasteiger partial charge in [0.15, 0.2) is 0 Å². The predicted octanol–water partition coefficient (Wildman–Crippen LogP) is 4.12. The number of hydrogen-bond acceptors (Lipinski definition) is 6. The van der Waals surface area contributed by atoms with Crippen LogP contribution >= 0.6 is 34.8 Å². The Kier molecular flexibility index (Phi) is 9.51. The van der Waals surface area contributed by atoms with Gasteiger partial charge in [-0.05, 0) is 50.0 Å². The maximum atomic E-state index is 13.4. The van der Waals surface area contributed by atoms with Crippen molar-refractivity contribution in [3.8, 4) is 0 Å². The first-order valence-corrected chi connectivity index (χ1v) is 15.2. The summed E-state index contributed by atoms with van der Waals surface area (Å²) in [5, 5.41) is 1.16. The van der Waals surface area contributed by atoms with Crippen LogP contribution in [0.3, 0.4) is 0 Å². The van der Waals surface area contributed by atoms with Crippen LogP contribution in [0.15, 0.2) is 30.3 Å². The molecule has 0 radical (unpaired) electrons. The number of alkyl halides is 3. The highest BCUT2D eigenvalue weighted by molar-refractivity contribution is 7.89. The van der Waals surface area contributed by atoms with Gasteiger partial charge in [0.2, 0.25) is 20.2 Å². The molecule has 9 nitrogen and oxygen atoms in total. The van der Waals surface area contributed by atoms with Gasteiger partial charge < -0.3 is 9.64 Å². The van der Waals surface area contributed by atoms with E-state index in [9.17, 15) is 18.0 Å². The molecule has 3 aliphatic rings. The number of hydrogen-bond donors (Lipinski definition) is 0. The molecule has 0 aliphatic carbocycles. The third kappa shape index (κ3) is 7.64. The molecule has 3 saturated heterocycles. The lowest BCUT2D eigenvalue weighted by atomic mass is 9.99. The Balaban J connectivity index is 1.26. The summed E-state index contributed by atoms with van der Waals surface area (Å²) in [5.74, 6) is 0.0260. The summed E-state index contributed by atoms with van der Waals surface area (Å²) in [6.07, 6.45) is 3.82. The quantitative estimate of drug-likeness (QED) is 0.242. The molecule has 0 saturated carbocycles. The number of piperidine rings is 2. The fourth-order valence-corrected chi connectivity index (χ4v) is 8.15. The number of rotatable bonds is 9. The summed E-state index contributed by atoms with van der Waals surface area (Å²) in [6, 6.07) is 8.81. The van der Waals surface area contributed by atoms with E-state index in [2.05, 4.69) is 0 Å². The molecule has 3 heterocycles. The van der Waals surface area contributed by atoms with Crippen LogP contribution in [0.5, 0.6) is 0 Å². The highest BCUT2D eigenvalue weighted by Gasteiger charge is 2.48. The van der Waals surface area contributed by atoms with Crippen molar-refractivity contribution in [1.82, 2.24) is 14.3 Å². The number of ether oxygens (including phenoxy) is 1. The maximum absolute atomic E-state index is 13.4. The van der Waals surface area contributed by atoms with E-state index in [0.29, 0.717) is 45.2 Å². The van der Waals surface area contributed by atoms with Crippen molar-refractivity contribution in [1.29, 1.82) is 0 Å². The van der Waals surface area contributed by atoms with Gasteiger partial charge in [-0.15, -0.1) is 0 Å². The fraction of sp³-hybridized carbons (Fsp3) is 0.667. The van der Waals surface area contributed by atoms with Crippen LogP contribution < -0.4 is 0 Å². The summed E-state index contributed by atoms with van der Waals surface area (Å²) in [6.45, 7) is 0.877. The molecular weight excluding hydrogens is 565 g/mol. The molecule has 0 spiro atoms. The lowest BCUT2D eigenvalue weighted by Gasteiger charge is -2.41. The molecule has 37 heavy (non-hydrogen) atoms. The van der Waals surface area contributed by atoms with Crippen molar-refractivity contribution in [2.45, 2.75) is 67.0 Å². The molecule has 2 amide bonds. The van der Waals surface area contributed by atoms with Crippen LogP contribution in [0.4, 0.5) is 4.79 Å². The Hall–Kier alpha value is -1.30. The van der Waals surface area contributed by atoms with E-state index in [1.807, 2.05) is 30.3 Å². The zero-order valence-electron chi connectivity index (χ0n) is 20.4. The minimum atomic E-state index is -3.51. The summed E-state index contributed by atoms with van der Waals surface area (Å²) in [4.78, 5) is 31.1. The minimum Gasteiger partial charge on any atom is -0.445 e. The number of carbonyl (C=O) groups is 2. The van der Waals surface area contributed by atoms with E-state index >= 15 is 0 Å². The van der Waals surface area contributed by atoms with Crippen LogP contribution in [-0.4, -0.2) is 82.6 Å². The third-order valence-corrected chi connectivity index (χ3v) is 9.79. The number of benzene rings is 1. The van der Waals surface area contributed by atoms with Crippen LogP contribution in [0, 0.1) is 5.92 Å². The third-order valence-electron chi connectivity index (χ3n) is 7.33. The van der Waals surface area contributed by atoms with E-state index in [1.54, 1.807) is 9.21 Å². The number of sulfonamides is 1. The number of nitrogens with zero attached hydrogens (tertiary/aromatic N) is 3. The molecule has 1 aromatic rings. The van der Waals surface area contributed by atoms with Crippen LogP contribution in [0.2, 0.25) is 0 Å². The van der Waals surface area contributed by atoms with Crippen molar-refractivity contribution in [3.05, 3.63) is 35.9 Å². The highest BCUT2D eigenvalue weighted by Crippen LogP contribution is 2.40. The number of carbonyl (C=O) groups excluding carboxylic acids is 2. The van der Waals surface area contributed by atoms with Gasteiger partial charge in [-0.1, -0.05) is 65.1 Å². The van der Waals surface area contributed by atoms with Crippen molar-refractivity contribution >= 4 is 57.3 Å². The molecule has 4 rings (SSSR count). The second-order valence-corrected chi connectivity index (χ2v) is 14.4. The first-order valence-electron chi connectivity index (χ1n) is 12.5. The van der Waals surface area contributed by atoms with Gasteiger partial charge in [0.25, 0.3) is 0 Å². The van der Waals surface area contributed by atoms with Crippen LogP contribution in [0.1, 0.15) is 44.1 Å². The van der Waals surface area contributed by atoms with Crippen LogP contribution in [-0.2, 0) is 31.0 Å². The number of likely N-dealkylation sites (tertiary alicyclic amines) is 1. The van der Waals surface area contributed by atoms with Crippen molar-refractivity contribution in [2.75, 3.05) is 25.4 Å². The van der Waals surface area contributed by atoms with E-state index < -0.39 is 13.8 Å². The number of fused-ring (bicyclic) bond motifs is 2. The Morgan fingerprint density at radius 1 is 1.05 bits per heavy atom. The molecule has 0 aromatic heterocycles. The monoisotopic (exact) mass is 595 g/mol. The standard InChI is InChI=1S/C24H32Cl3N3O6S/c25-24(26,27)16-36-29(17-31)22-12-20-6-7-21(13-22)30(20)37(33,34)15-19-8-10-28(11-9-19)23(32)35-14-18-4-2-1-3-5-18/h1-5,17,19-22H,6-16H2/t20-,21+,22+. The minimum absolute atomic E-state index is 0.0283. The van der Waals surface area contributed by atoms with Crippen molar-refractivity contribution in [3.63, 3.8) is 0 Å². The molecule has 3 fully saturated rings. The largest absolute Gasteiger partial charge is 0.445 e. The average Bonchev–Trinajstić information content (AvgIpc) is 3.15. The van der Waals surface area contributed by atoms with Gasteiger partial charge in [0.1, 0.15) is 13.2 Å². The van der Waals surface area contributed by atoms with Gasteiger partial charge in [0, 0.05) is 25.2 Å². The average molecular weight is 597 g/mol. The lowest BCUT2D eigenvalue weighted by Crippen LogP contribution is -2.53. The summed E-state index contributed by atoms with van der Waals surface area (Å²) < 4.78 is 32.3. The Bertz CT molecular complexity index is 1020. The Morgan fingerprint density at radius 3 is 2.24 bits per heavy atom. The van der Waals surface area contributed by atoms with Gasteiger partial charge in [-0.3, -0.25) is 9.63 Å². The summed E-state index contributed by atoms with van der Waals surface area (Å²) in [7, 11) is -3.51.